The molecule has 0 radical (unpaired) electrons. The Hall–Kier alpha value is -1.88. The summed E-state index contributed by atoms with van der Waals surface area (Å²) in [7, 11) is 0. The van der Waals surface area contributed by atoms with E-state index in [1.807, 2.05) is 49.1 Å². The molecule has 1 aromatic carbocycles. The fraction of sp³-hybridized carbons (Fsp3) is 0.529. The highest BCUT2D eigenvalue weighted by Gasteiger charge is 2.35. The Morgan fingerprint density at radius 2 is 1.95 bits per heavy atom. The maximum absolute atomic E-state index is 12.3. The van der Waals surface area contributed by atoms with Crippen molar-refractivity contribution in [2.75, 3.05) is 13.1 Å². The van der Waals surface area contributed by atoms with Gasteiger partial charge in [0, 0.05) is 12.1 Å². The van der Waals surface area contributed by atoms with Crippen molar-refractivity contribution in [3.63, 3.8) is 0 Å². The van der Waals surface area contributed by atoms with Crippen LogP contribution in [0.1, 0.15) is 38.2 Å². The van der Waals surface area contributed by atoms with Gasteiger partial charge in [-0.25, -0.2) is 0 Å². The Morgan fingerprint density at radius 1 is 1.32 bits per heavy atom. The van der Waals surface area contributed by atoms with E-state index in [1.165, 1.54) is 0 Å². The van der Waals surface area contributed by atoms with Crippen molar-refractivity contribution < 1.29 is 14.7 Å². The third-order valence-corrected chi connectivity index (χ3v) is 4.41. The summed E-state index contributed by atoms with van der Waals surface area (Å²) in [6.07, 6.45) is 1.66. The van der Waals surface area contributed by atoms with E-state index in [-0.39, 0.29) is 30.5 Å². The Balaban J connectivity index is 1.79. The molecule has 5 nitrogen and oxygen atoms in total. The van der Waals surface area contributed by atoms with Crippen molar-refractivity contribution in [2.24, 2.45) is 0 Å². The molecule has 1 amide bonds. The summed E-state index contributed by atoms with van der Waals surface area (Å²) in [4.78, 5) is 25.0. The number of benzene rings is 1. The predicted octanol–water partition coefficient (Wildman–Crippen LogP) is 1.84. The quantitative estimate of drug-likeness (QED) is 0.806. The second kappa shape index (κ2) is 7.40. The zero-order valence-electron chi connectivity index (χ0n) is 13.2. The van der Waals surface area contributed by atoms with Gasteiger partial charge < -0.3 is 10.4 Å². The van der Waals surface area contributed by atoms with Gasteiger partial charge in [-0.2, -0.15) is 0 Å². The van der Waals surface area contributed by atoms with E-state index in [0.29, 0.717) is 0 Å². The van der Waals surface area contributed by atoms with Gasteiger partial charge in [0.15, 0.2) is 0 Å². The first-order chi connectivity index (χ1) is 10.5. The van der Waals surface area contributed by atoms with Crippen LogP contribution in [-0.2, 0) is 9.59 Å². The van der Waals surface area contributed by atoms with Crippen LogP contribution in [0.2, 0.25) is 0 Å². The molecule has 2 rings (SSSR count). The Morgan fingerprint density at radius 3 is 2.50 bits per heavy atom. The fourth-order valence-electron chi connectivity index (χ4n) is 2.90. The molecule has 2 N–H and O–H groups in total. The summed E-state index contributed by atoms with van der Waals surface area (Å²) >= 11 is 0. The molecular formula is C17H24N2O3. The molecule has 1 fully saturated rings. The van der Waals surface area contributed by atoms with Crippen molar-refractivity contribution in [3.05, 3.63) is 35.9 Å². The lowest BCUT2D eigenvalue weighted by atomic mass is 9.84. The first-order valence-electron chi connectivity index (χ1n) is 7.82. The van der Waals surface area contributed by atoms with Gasteiger partial charge >= 0.3 is 5.97 Å². The van der Waals surface area contributed by atoms with Crippen LogP contribution >= 0.6 is 0 Å². The number of likely N-dealkylation sites (N-methyl/N-ethyl adjacent to an activating group) is 1. The number of hydrogen-bond donors (Lipinski definition) is 2. The van der Waals surface area contributed by atoms with Crippen LogP contribution in [0.25, 0.3) is 0 Å². The fourth-order valence-corrected chi connectivity index (χ4v) is 2.90. The monoisotopic (exact) mass is 304 g/mol. The largest absolute Gasteiger partial charge is 0.480 e. The van der Waals surface area contributed by atoms with Gasteiger partial charge in [0.05, 0.1) is 12.5 Å². The van der Waals surface area contributed by atoms with Crippen molar-refractivity contribution in [2.45, 2.75) is 44.7 Å². The number of aliphatic carboxylic acids is 1. The van der Waals surface area contributed by atoms with Crippen LogP contribution < -0.4 is 5.32 Å². The average molecular weight is 304 g/mol. The first kappa shape index (κ1) is 16.5. The number of amides is 1. The summed E-state index contributed by atoms with van der Waals surface area (Å²) < 4.78 is 0. The number of hydrogen-bond acceptors (Lipinski definition) is 3. The molecule has 0 aliphatic heterocycles. The summed E-state index contributed by atoms with van der Waals surface area (Å²) in [6, 6.07) is 10.1. The second-order valence-electron chi connectivity index (χ2n) is 5.92. The van der Waals surface area contributed by atoms with Crippen molar-refractivity contribution >= 4 is 11.9 Å². The Bertz CT molecular complexity index is 512. The summed E-state index contributed by atoms with van der Waals surface area (Å²) in [5.74, 6) is -0.926. The van der Waals surface area contributed by atoms with Gasteiger partial charge in [-0.05, 0) is 31.9 Å². The van der Waals surface area contributed by atoms with Gasteiger partial charge in [-0.15, -0.1) is 0 Å². The molecule has 0 heterocycles. The van der Waals surface area contributed by atoms with E-state index in [4.69, 9.17) is 5.11 Å². The first-order valence-corrected chi connectivity index (χ1v) is 7.82. The van der Waals surface area contributed by atoms with Gasteiger partial charge in [-0.1, -0.05) is 37.3 Å². The molecule has 5 heteroatoms. The van der Waals surface area contributed by atoms with E-state index >= 15 is 0 Å². The summed E-state index contributed by atoms with van der Waals surface area (Å²) in [5, 5.41) is 11.9. The summed E-state index contributed by atoms with van der Waals surface area (Å²) in [5.41, 5.74) is 1.01. The molecule has 0 bridgehead atoms. The molecule has 1 aliphatic carbocycles. The van der Waals surface area contributed by atoms with Crippen LogP contribution in [0, 0.1) is 0 Å². The lowest BCUT2D eigenvalue weighted by Gasteiger charge is -2.42. The van der Waals surface area contributed by atoms with E-state index in [1.54, 1.807) is 0 Å². The maximum atomic E-state index is 12.3. The van der Waals surface area contributed by atoms with Gasteiger partial charge in [-0.3, -0.25) is 14.5 Å². The number of rotatable bonds is 7. The SMILES string of the molecule is CCN(CC(=O)O)C1CC(NC(=O)C(C)c2ccccc2)C1. The molecule has 0 spiro atoms. The third-order valence-electron chi connectivity index (χ3n) is 4.41. The molecule has 1 saturated carbocycles. The lowest BCUT2D eigenvalue weighted by molar-refractivity contribution is -0.139. The molecule has 0 aromatic heterocycles. The number of nitrogens with zero attached hydrogens (tertiary/aromatic N) is 1. The third kappa shape index (κ3) is 4.07. The van der Waals surface area contributed by atoms with Crippen molar-refractivity contribution in [1.82, 2.24) is 10.2 Å². The minimum absolute atomic E-state index is 0.0379. The molecule has 1 atom stereocenters. The van der Waals surface area contributed by atoms with E-state index in [0.717, 1.165) is 24.9 Å². The lowest BCUT2D eigenvalue weighted by Crippen LogP contribution is -2.55. The highest BCUT2D eigenvalue weighted by atomic mass is 16.4. The van der Waals surface area contributed by atoms with Crippen LogP contribution in [-0.4, -0.2) is 47.1 Å². The highest BCUT2D eigenvalue weighted by molar-refractivity contribution is 5.83. The normalized spacial score (nSPS) is 22.0. The zero-order chi connectivity index (χ0) is 16.1. The second-order valence-corrected chi connectivity index (χ2v) is 5.92. The van der Waals surface area contributed by atoms with Crippen LogP contribution in [0.5, 0.6) is 0 Å². The van der Waals surface area contributed by atoms with E-state index in [9.17, 15) is 9.59 Å². The number of carboxylic acids is 1. The van der Waals surface area contributed by atoms with Crippen molar-refractivity contribution in [1.29, 1.82) is 0 Å². The van der Waals surface area contributed by atoms with Crippen LogP contribution in [0.4, 0.5) is 0 Å². The Kier molecular flexibility index (Phi) is 5.55. The molecule has 22 heavy (non-hydrogen) atoms. The zero-order valence-corrected chi connectivity index (χ0v) is 13.2. The van der Waals surface area contributed by atoms with E-state index in [2.05, 4.69) is 5.32 Å². The maximum Gasteiger partial charge on any atom is 0.317 e. The minimum atomic E-state index is -0.799. The van der Waals surface area contributed by atoms with Gasteiger partial charge in [0.25, 0.3) is 0 Å². The van der Waals surface area contributed by atoms with Crippen LogP contribution in [0.3, 0.4) is 0 Å². The highest BCUT2D eigenvalue weighted by Crippen LogP contribution is 2.26. The molecule has 120 valence electrons. The van der Waals surface area contributed by atoms with Gasteiger partial charge in [0.2, 0.25) is 5.91 Å². The molecule has 1 aliphatic rings. The minimum Gasteiger partial charge on any atom is -0.480 e. The van der Waals surface area contributed by atoms with Gasteiger partial charge in [0.1, 0.15) is 0 Å². The van der Waals surface area contributed by atoms with Crippen molar-refractivity contribution in [3.8, 4) is 0 Å². The standard InChI is InChI=1S/C17H24N2O3/c1-3-19(11-16(20)21)15-9-14(10-15)18-17(22)12(2)13-7-5-4-6-8-13/h4-8,12,14-15H,3,9-11H2,1-2H3,(H,18,22)(H,20,21). The smallest absolute Gasteiger partial charge is 0.317 e. The molecule has 1 unspecified atom stereocenters. The number of carbonyl (C=O) groups excluding carboxylic acids is 1. The molecule has 0 saturated heterocycles. The molecular weight excluding hydrogens is 280 g/mol. The number of carbonyl (C=O) groups is 2. The van der Waals surface area contributed by atoms with Crippen LogP contribution in [0.15, 0.2) is 30.3 Å². The van der Waals surface area contributed by atoms with E-state index < -0.39 is 5.97 Å². The molecule has 1 aromatic rings. The number of nitrogens with one attached hydrogen (secondary N) is 1. The number of carboxylic acid groups (broad SMARTS) is 1. The topological polar surface area (TPSA) is 69.6 Å². The Labute approximate surface area is 131 Å². The predicted molar refractivity (Wildman–Crippen MR) is 84.7 cm³/mol. The summed E-state index contributed by atoms with van der Waals surface area (Å²) in [6.45, 7) is 4.66. The average Bonchev–Trinajstić information content (AvgIpc) is 2.48.